The molecule has 0 saturated heterocycles. The molecule has 3 rings (SSSR count). The summed E-state index contributed by atoms with van der Waals surface area (Å²) in [5.74, 6) is -0.730. The van der Waals surface area contributed by atoms with Crippen LogP contribution in [-0.4, -0.2) is 39.6 Å². The maximum absolute atomic E-state index is 12.5. The van der Waals surface area contributed by atoms with Gasteiger partial charge in [-0.25, -0.2) is 0 Å². The highest BCUT2D eigenvalue weighted by Gasteiger charge is 2.29. The maximum atomic E-state index is 12.5. The van der Waals surface area contributed by atoms with Gasteiger partial charge in [0, 0.05) is 12.6 Å². The van der Waals surface area contributed by atoms with Gasteiger partial charge in [-0.1, -0.05) is 12.1 Å². The third kappa shape index (κ3) is 4.80. The van der Waals surface area contributed by atoms with Crippen LogP contribution in [0.5, 0.6) is 0 Å². The predicted molar refractivity (Wildman–Crippen MR) is 98.8 cm³/mol. The number of nitrogens with zero attached hydrogens (tertiary/aromatic N) is 3. The summed E-state index contributed by atoms with van der Waals surface area (Å²) in [6.07, 6.45) is -0.160. The van der Waals surface area contributed by atoms with Gasteiger partial charge in [0.15, 0.2) is 0 Å². The zero-order valence-electron chi connectivity index (χ0n) is 14.5. The van der Waals surface area contributed by atoms with E-state index in [1.165, 1.54) is 24.3 Å². The van der Waals surface area contributed by atoms with Gasteiger partial charge < -0.3 is 10.2 Å². The fraction of sp³-hybridized carbons (Fsp3) is 0.278. The van der Waals surface area contributed by atoms with E-state index in [2.05, 4.69) is 26.3 Å². The SMILES string of the molecule is O=C(/C=C/c1ccc(C(F)(F)F)cc1)NCC(=O)N1CCn2ncc(Br)c2C1. The molecule has 1 aromatic heterocycles. The Morgan fingerprint density at radius 3 is 2.61 bits per heavy atom. The number of carbonyl (C=O) groups excluding carboxylic acids is 2. The Bertz CT molecular complexity index is 907. The monoisotopic (exact) mass is 456 g/mol. The van der Waals surface area contributed by atoms with Crippen LogP contribution in [0.2, 0.25) is 0 Å². The standard InChI is InChI=1S/C18H16BrF3N4O2/c19-14-9-24-26-8-7-25(11-15(14)26)17(28)10-23-16(27)6-3-12-1-4-13(5-2-12)18(20,21)22/h1-6,9H,7-8,10-11H2,(H,23,27)/b6-3+. The Morgan fingerprint density at radius 1 is 1.21 bits per heavy atom. The van der Waals surface area contributed by atoms with Crippen LogP contribution in [0.4, 0.5) is 13.2 Å². The van der Waals surface area contributed by atoms with Crippen molar-refractivity contribution in [2.75, 3.05) is 13.1 Å². The predicted octanol–water partition coefficient (Wildman–Crippen LogP) is 2.84. The molecule has 0 spiro atoms. The normalized spacial score (nSPS) is 14.2. The minimum Gasteiger partial charge on any atom is -0.343 e. The molecule has 0 fully saturated rings. The molecule has 0 aliphatic carbocycles. The van der Waals surface area contributed by atoms with Crippen molar-refractivity contribution < 1.29 is 22.8 Å². The summed E-state index contributed by atoms with van der Waals surface area (Å²) in [5.41, 5.74) is 0.589. The summed E-state index contributed by atoms with van der Waals surface area (Å²) in [6.45, 7) is 1.31. The number of aromatic nitrogens is 2. The van der Waals surface area contributed by atoms with Crippen molar-refractivity contribution in [3.63, 3.8) is 0 Å². The van der Waals surface area contributed by atoms with Crippen molar-refractivity contribution in [1.29, 1.82) is 0 Å². The molecule has 1 aromatic carbocycles. The highest BCUT2D eigenvalue weighted by Crippen LogP contribution is 2.29. The van der Waals surface area contributed by atoms with Crippen LogP contribution in [0.1, 0.15) is 16.8 Å². The van der Waals surface area contributed by atoms with Crippen molar-refractivity contribution >= 4 is 33.8 Å². The molecule has 2 aromatic rings. The first kappa shape index (κ1) is 20.1. The summed E-state index contributed by atoms with van der Waals surface area (Å²) in [6, 6.07) is 4.43. The van der Waals surface area contributed by atoms with Crippen LogP contribution in [-0.2, 0) is 28.9 Å². The van der Waals surface area contributed by atoms with Crippen molar-refractivity contribution in [3.8, 4) is 0 Å². The molecule has 10 heteroatoms. The first-order valence-electron chi connectivity index (χ1n) is 8.35. The van der Waals surface area contributed by atoms with Crippen LogP contribution in [0.15, 0.2) is 41.0 Å². The van der Waals surface area contributed by atoms with Gasteiger partial charge in [-0.05, 0) is 39.7 Å². The van der Waals surface area contributed by atoms with Gasteiger partial charge in [-0.2, -0.15) is 18.3 Å². The Balaban J connectivity index is 1.49. The van der Waals surface area contributed by atoms with Gasteiger partial charge >= 0.3 is 6.18 Å². The van der Waals surface area contributed by atoms with Gasteiger partial charge in [0.25, 0.3) is 0 Å². The van der Waals surface area contributed by atoms with Crippen molar-refractivity contribution in [1.82, 2.24) is 20.0 Å². The molecule has 1 aliphatic heterocycles. The van der Waals surface area contributed by atoms with E-state index in [0.717, 1.165) is 22.3 Å². The molecule has 1 aliphatic rings. The highest BCUT2D eigenvalue weighted by atomic mass is 79.9. The molecular weight excluding hydrogens is 441 g/mol. The molecule has 0 saturated carbocycles. The summed E-state index contributed by atoms with van der Waals surface area (Å²) in [5, 5.41) is 6.67. The number of rotatable bonds is 4. The molecule has 148 valence electrons. The molecule has 0 atom stereocenters. The van der Waals surface area contributed by atoms with E-state index in [1.54, 1.807) is 11.1 Å². The van der Waals surface area contributed by atoms with E-state index < -0.39 is 17.6 Å². The number of benzene rings is 1. The number of halogens is 4. The van der Waals surface area contributed by atoms with E-state index in [-0.39, 0.29) is 12.5 Å². The number of alkyl halides is 3. The van der Waals surface area contributed by atoms with E-state index in [9.17, 15) is 22.8 Å². The van der Waals surface area contributed by atoms with Crippen LogP contribution >= 0.6 is 15.9 Å². The smallest absolute Gasteiger partial charge is 0.343 e. The van der Waals surface area contributed by atoms with Gasteiger partial charge in [0.05, 0.1) is 41.6 Å². The first-order chi connectivity index (χ1) is 13.2. The Morgan fingerprint density at radius 2 is 1.93 bits per heavy atom. The van der Waals surface area contributed by atoms with Crippen molar-refractivity contribution in [3.05, 3.63) is 57.8 Å². The Hall–Kier alpha value is -2.62. The summed E-state index contributed by atoms with van der Waals surface area (Å²) < 4.78 is 40.2. The third-order valence-electron chi connectivity index (χ3n) is 4.25. The van der Waals surface area contributed by atoms with Gasteiger partial charge in [0.1, 0.15) is 0 Å². The number of fused-ring (bicyclic) bond motifs is 1. The summed E-state index contributed by atoms with van der Waals surface area (Å²) in [4.78, 5) is 25.8. The lowest BCUT2D eigenvalue weighted by Crippen LogP contribution is -2.43. The van der Waals surface area contributed by atoms with E-state index in [0.29, 0.717) is 25.2 Å². The third-order valence-corrected chi connectivity index (χ3v) is 4.91. The average Bonchev–Trinajstić information content (AvgIpc) is 3.04. The summed E-state index contributed by atoms with van der Waals surface area (Å²) in [7, 11) is 0. The van der Waals surface area contributed by atoms with Crippen LogP contribution in [0.3, 0.4) is 0 Å². The largest absolute Gasteiger partial charge is 0.416 e. The quantitative estimate of drug-likeness (QED) is 0.719. The molecule has 28 heavy (non-hydrogen) atoms. The fourth-order valence-corrected chi connectivity index (χ4v) is 3.14. The molecule has 2 amide bonds. The second kappa shape index (κ2) is 8.17. The Kier molecular flexibility index (Phi) is 5.87. The molecule has 0 bridgehead atoms. The van der Waals surface area contributed by atoms with Gasteiger partial charge in [-0.3, -0.25) is 14.3 Å². The van der Waals surface area contributed by atoms with Crippen molar-refractivity contribution in [2.45, 2.75) is 19.3 Å². The highest BCUT2D eigenvalue weighted by molar-refractivity contribution is 9.10. The number of hydrogen-bond acceptors (Lipinski definition) is 3. The molecular formula is C18H16BrF3N4O2. The van der Waals surface area contributed by atoms with Gasteiger partial charge in [-0.15, -0.1) is 0 Å². The molecule has 2 heterocycles. The second-order valence-corrected chi connectivity index (χ2v) is 7.00. The average molecular weight is 457 g/mol. The van der Waals surface area contributed by atoms with Gasteiger partial charge in [0.2, 0.25) is 11.8 Å². The van der Waals surface area contributed by atoms with Crippen molar-refractivity contribution in [2.24, 2.45) is 0 Å². The zero-order chi connectivity index (χ0) is 20.3. The second-order valence-electron chi connectivity index (χ2n) is 6.15. The molecule has 1 N–H and O–H groups in total. The molecule has 0 radical (unpaired) electrons. The van der Waals surface area contributed by atoms with E-state index >= 15 is 0 Å². The first-order valence-corrected chi connectivity index (χ1v) is 9.14. The van der Waals surface area contributed by atoms with Crippen LogP contribution < -0.4 is 5.32 Å². The number of carbonyl (C=O) groups is 2. The lowest BCUT2D eigenvalue weighted by molar-refractivity contribution is -0.137. The van der Waals surface area contributed by atoms with E-state index in [4.69, 9.17) is 0 Å². The number of hydrogen-bond donors (Lipinski definition) is 1. The minimum atomic E-state index is -4.40. The lowest BCUT2D eigenvalue weighted by Gasteiger charge is -2.28. The topological polar surface area (TPSA) is 67.2 Å². The van der Waals surface area contributed by atoms with Crippen LogP contribution in [0, 0.1) is 0 Å². The summed E-state index contributed by atoms with van der Waals surface area (Å²) >= 11 is 3.39. The fourth-order valence-electron chi connectivity index (χ4n) is 2.71. The van der Waals surface area contributed by atoms with E-state index in [1.807, 2.05) is 4.68 Å². The molecule has 0 unspecified atom stereocenters. The molecule has 6 nitrogen and oxygen atoms in total. The van der Waals surface area contributed by atoms with Crippen LogP contribution in [0.25, 0.3) is 6.08 Å². The number of amides is 2. The zero-order valence-corrected chi connectivity index (χ0v) is 16.1. The number of nitrogens with one attached hydrogen (secondary N) is 1. The maximum Gasteiger partial charge on any atom is 0.416 e. The Labute approximate surface area is 167 Å². The lowest BCUT2D eigenvalue weighted by atomic mass is 10.1. The minimum absolute atomic E-state index is 0.165.